The molecule has 4 aromatic rings. The molecule has 4 heterocycles. The van der Waals surface area contributed by atoms with E-state index in [2.05, 4.69) is 4.98 Å². The lowest BCUT2D eigenvalue weighted by Crippen LogP contribution is -2.37. The number of hydrogen-bond donors (Lipinski definition) is 1. The van der Waals surface area contributed by atoms with Gasteiger partial charge in [0.15, 0.2) is 0 Å². The smallest absolute Gasteiger partial charge is 0.331 e. The van der Waals surface area contributed by atoms with E-state index in [-0.39, 0.29) is 29.8 Å². The summed E-state index contributed by atoms with van der Waals surface area (Å²) in [6, 6.07) is 9.37. The zero-order valence-electron chi connectivity index (χ0n) is 16.4. The Morgan fingerprint density at radius 1 is 1.20 bits per heavy atom. The van der Waals surface area contributed by atoms with Crippen molar-refractivity contribution < 1.29 is 5.11 Å². The number of fused-ring (bicyclic) bond motifs is 3. The molecule has 154 valence electrons. The normalized spacial score (nSPS) is 18.3. The van der Waals surface area contributed by atoms with E-state index in [1.54, 1.807) is 12.4 Å². The number of thiazole rings is 1. The lowest BCUT2D eigenvalue weighted by atomic mass is 10.00. The van der Waals surface area contributed by atoms with Crippen molar-refractivity contribution in [3.05, 3.63) is 72.4 Å². The summed E-state index contributed by atoms with van der Waals surface area (Å²) in [5, 5.41) is 13.7. The Hall–Kier alpha value is -2.68. The van der Waals surface area contributed by atoms with E-state index in [0.717, 1.165) is 26.5 Å². The van der Waals surface area contributed by atoms with Crippen molar-refractivity contribution in [1.29, 1.82) is 0 Å². The molecule has 0 unspecified atom stereocenters. The van der Waals surface area contributed by atoms with E-state index < -0.39 is 0 Å². The maximum atomic E-state index is 13.3. The van der Waals surface area contributed by atoms with E-state index in [0.29, 0.717) is 22.5 Å². The highest BCUT2D eigenvalue weighted by atomic mass is 35.5. The Labute approximate surface area is 180 Å². The number of rotatable bonds is 3. The maximum Gasteiger partial charge on any atom is 0.331 e. The van der Waals surface area contributed by atoms with Crippen molar-refractivity contribution in [3.8, 4) is 11.3 Å². The Bertz CT molecular complexity index is 1400. The summed E-state index contributed by atoms with van der Waals surface area (Å²) in [7, 11) is 3.17. The van der Waals surface area contributed by atoms with Crippen LogP contribution in [0.3, 0.4) is 0 Å². The van der Waals surface area contributed by atoms with Crippen LogP contribution in [-0.4, -0.2) is 30.4 Å². The number of halogens is 1. The zero-order valence-corrected chi connectivity index (χ0v) is 17.9. The fourth-order valence-corrected chi connectivity index (χ4v) is 5.66. The first-order valence-electron chi connectivity index (χ1n) is 9.55. The summed E-state index contributed by atoms with van der Waals surface area (Å²) >= 11 is 7.54. The van der Waals surface area contributed by atoms with Crippen molar-refractivity contribution in [2.75, 3.05) is 6.61 Å². The van der Waals surface area contributed by atoms with Crippen LogP contribution in [0.1, 0.15) is 29.1 Å². The first-order chi connectivity index (χ1) is 14.4. The van der Waals surface area contributed by atoms with E-state index in [4.69, 9.17) is 11.6 Å². The summed E-state index contributed by atoms with van der Waals surface area (Å²) < 4.78 is 4.69. The Morgan fingerprint density at radius 3 is 2.57 bits per heavy atom. The van der Waals surface area contributed by atoms with Gasteiger partial charge in [-0.1, -0.05) is 41.9 Å². The van der Waals surface area contributed by atoms with E-state index >= 15 is 0 Å². The molecule has 0 radical (unpaired) electrons. The average Bonchev–Trinajstić information content (AvgIpc) is 3.44. The van der Waals surface area contributed by atoms with E-state index in [9.17, 15) is 14.7 Å². The molecule has 2 atom stereocenters. The second kappa shape index (κ2) is 6.94. The number of aromatic nitrogens is 4. The molecule has 0 saturated carbocycles. The van der Waals surface area contributed by atoms with Gasteiger partial charge in [0, 0.05) is 19.5 Å². The van der Waals surface area contributed by atoms with Gasteiger partial charge in [0.2, 0.25) is 0 Å². The zero-order chi connectivity index (χ0) is 21.2. The summed E-state index contributed by atoms with van der Waals surface area (Å²) in [4.78, 5) is 30.5. The number of hydrogen-bond acceptors (Lipinski definition) is 5. The molecule has 0 spiro atoms. The number of nitrogens with zero attached hydrogens (tertiary/aromatic N) is 4. The van der Waals surface area contributed by atoms with Crippen molar-refractivity contribution >= 4 is 33.8 Å². The van der Waals surface area contributed by atoms with Crippen molar-refractivity contribution in [3.63, 3.8) is 0 Å². The van der Waals surface area contributed by atoms with Crippen LogP contribution in [0.25, 0.3) is 22.2 Å². The van der Waals surface area contributed by atoms with Crippen LogP contribution in [0, 0.1) is 0 Å². The largest absolute Gasteiger partial charge is 0.394 e. The predicted molar refractivity (Wildman–Crippen MR) is 118 cm³/mol. The van der Waals surface area contributed by atoms with E-state index in [1.165, 1.54) is 23.0 Å². The van der Waals surface area contributed by atoms with Crippen LogP contribution < -0.4 is 11.2 Å². The first-order valence-corrected chi connectivity index (χ1v) is 10.8. The molecule has 9 heteroatoms. The van der Waals surface area contributed by atoms with Gasteiger partial charge >= 0.3 is 5.69 Å². The SMILES string of the molecule is Cn1c(=O)c2c(-c3ccccc3)n3c(c2n(C)c1=O)[C@@H](c1nc(Cl)cs1)C[C@H]3CO. The van der Waals surface area contributed by atoms with Gasteiger partial charge in [0.25, 0.3) is 5.56 Å². The second-order valence-electron chi connectivity index (χ2n) is 7.53. The lowest BCUT2D eigenvalue weighted by Gasteiger charge is -2.15. The molecule has 0 amide bonds. The maximum absolute atomic E-state index is 13.3. The highest BCUT2D eigenvalue weighted by Crippen LogP contribution is 2.49. The molecule has 3 aromatic heterocycles. The molecule has 0 saturated heterocycles. The third-order valence-corrected chi connectivity index (χ3v) is 7.18. The van der Waals surface area contributed by atoms with Crippen LogP contribution in [0.5, 0.6) is 0 Å². The van der Waals surface area contributed by atoms with Gasteiger partial charge in [0.05, 0.1) is 40.9 Å². The molecule has 30 heavy (non-hydrogen) atoms. The first kappa shape index (κ1) is 19.3. The van der Waals surface area contributed by atoms with E-state index in [1.807, 2.05) is 34.9 Å². The molecule has 1 aliphatic heterocycles. The predicted octanol–water partition coefficient (Wildman–Crippen LogP) is 2.88. The number of benzene rings is 1. The topological polar surface area (TPSA) is 82.0 Å². The minimum Gasteiger partial charge on any atom is -0.394 e. The van der Waals surface area contributed by atoms with Crippen LogP contribution in [0.2, 0.25) is 5.15 Å². The molecular formula is C21H19ClN4O3S. The fourth-order valence-electron chi connectivity index (χ4n) is 4.59. The van der Waals surface area contributed by atoms with Gasteiger partial charge in [-0.3, -0.25) is 13.9 Å². The highest BCUT2D eigenvalue weighted by molar-refractivity contribution is 7.10. The third kappa shape index (κ3) is 2.57. The summed E-state index contributed by atoms with van der Waals surface area (Å²) in [6.45, 7) is -0.0856. The minimum atomic E-state index is -0.385. The molecule has 1 N–H and O–H groups in total. The van der Waals surface area contributed by atoms with Crippen molar-refractivity contribution in [1.82, 2.24) is 18.7 Å². The molecule has 7 nitrogen and oxygen atoms in total. The summed E-state index contributed by atoms with van der Waals surface area (Å²) in [5.41, 5.74) is 2.27. The number of aryl methyl sites for hydroxylation is 1. The second-order valence-corrected chi connectivity index (χ2v) is 8.81. The third-order valence-electron chi connectivity index (χ3n) is 5.90. The van der Waals surface area contributed by atoms with Crippen LogP contribution in [-0.2, 0) is 14.1 Å². The van der Waals surface area contributed by atoms with Crippen LogP contribution in [0.4, 0.5) is 0 Å². The molecule has 5 rings (SSSR count). The number of aliphatic hydroxyl groups excluding tert-OH is 1. The van der Waals surface area contributed by atoms with Gasteiger partial charge in [-0.15, -0.1) is 11.3 Å². The molecule has 1 aliphatic rings. The molecule has 0 bridgehead atoms. The Kier molecular flexibility index (Phi) is 4.46. The van der Waals surface area contributed by atoms with Crippen molar-refractivity contribution in [2.24, 2.45) is 14.1 Å². The molecule has 0 aliphatic carbocycles. The Morgan fingerprint density at radius 2 is 1.93 bits per heavy atom. The number of aliphatic hydroxyl groups is 1. The van der Waals surface area contributed by atoms with Crippen molar-refractivity contribution in [2.45, 2.75) is 18.4 Å². The van der Waals surface area contributed by atoms with Gasteiger partial charge in [-0.05, 0) is 12.0 Å². The molecular weight excluding hydrogens is 424 g/mol. The van der Waals surface area contributed by atoms with Gasteiger partial charge in [-0.25, -0.2) is 9.78 Å². The molecule has 0 fully saturated rings. The minimum absolute atomic E-state index is 0.0856. The lowest BCUT2D eigenvalue weighted by molar-refractivity contribution is 0.232. The monoisotopic (exact) mass is 442 g/mol. The van der Waals surface area contributed by atoms with Gasteiger partial charge < -0.3 is 9.67 Å². The standard InChI is InChI=1S/C21H19ClN4O3S/c1-24-18-15(20(28)25(2)21(24)29)16(11-6-4-3-5-7-11)26-12(9-27)8-13(17(18)26)19-23-14(22)10-30-19/h3-7,10,12-13,27H,8-9H2,1-2H3/t12-,13-/m0/s1. The summed E-state index contributed by atoms with van der Waals surface area (Å²) in [6.07, 6.45) is 0.620. The fraction of sp³-hybridized carbons (Fsp3) is 0.286. The van der Waals surface area contributed by atoms with Gasteiger partial charge in [-0.2, -0.15) is 0 Å². The van der Waals surface area contributed by atoms with Gasteiger partial charge in [0.1, 0.15) is 10.2 Å². The quantitative estimate of drug-likeness (QED) is 0.529. The average molecular weight is 443 g/mol. The Balaban J connectivity index is 1.99. The summed E-state index contributed by atoms with van der Waals surface area (Å²) in [5.74, 6) is -0.169. The highest BCUT2D eigenvalue weighted by Gasteiger charge is 2.40. The van der Waals surface area contributed by atoms with Crippen LogP contribution >= 0.6 is 22.9 Å². The van der Waals surface area contributed by atoms with Crippen LogP contribution in [0.15, 0.2) is 45.3 Å². The molecule has 1 aromatic carbocycles.